The van der Waals surface area contributed by atoms with Crippen LogP contribution in [0.2, 0.25) is 5.02 Å². The van der Waals surface area contributed by atoms with Crippen LogP contribution < -0.4 is 14.8 Å². The molecule has 0 bridgehead atoms. The van der Waals surface area contributed by atoms with Gasteiger partial charge in [0.1, 0.15) is 0 Å². The number of anilines is 1. The number of rotatable bonds is 8. The Bertz CT molecular complexity index is 918. The van der Waals surface area contributed by atoms with Crippen molar-refractivity contribution in [3.05, 3.63) is 51.5 Å². The smallest absolute Gasteiger partial charge is 0.339 e. The minimum atomic E-state index is -1.00. The minimum absolute atomic E-state index is 0.169. The monoisotopic (exact) mass is 433 g/mol. The third-order valence-corrected chi connectivity index (χ3v) is 4.77. The van der Waals surface area contributed by atoms with Gasteiger partial charge in [0.15, 0.2) is 17.6 Å². The number of halogens is 1. The van der Waals surface area contributed by atoms with Gasteiger partial charge in [0, 0.05) is 5.69 Å². The number of methoxy groups -OCH3 is 1. The zero-order valence-corrected chi connectivity index (χ0v) is 19.0. The highest BCUT2D eigenvalue weighted by Gasteiger charge is 2.22. The molecule has 7 heteroatoms. The van der Waals surface area contributed by atoms with E-state index in [1.807, 2.05) is 39.8 Å². The van der Waals surface area contributed by atoms with Gasteiger partial charge < -0.3 is 19.5 Å². The molecule has 1 amide bonds. The maximum atomic E-state index is 12.6. The predicted octanol–water partition coefficient (Wildman–Crippen LogP) is 5.25. The second-order valence-electron chi connectivity index (χ2n) is 7.15. The lowest BCUT2D eigenvalue weighted by atomic mass is 10.0. The van der Waals surface area contributed by atoms with E-state index in [1.165, 1.54) is 26.2 Å². The molecule has 0 aromatic heterocycles. The molecule has 162 valence electrons. The first kappa shape index (κ1) is 23.5. The first-order chi connectivity index (χ1) is 14.2. The number of esters is 1. The molecule has 0 aliphatic carbocycles. The van der Waals surface area contributed by atoms with E-state index < -0.39 is 18.0 Å². The Hall–Kier alpha value is -2.73. The van der Waals surface area contributed by atoms with Crippen molar-refractivity contribution in [2.75, 3.05) is 19.0 Å². The lowest BCUT2D eigenvalue weighted by molar-refractivity contribution is -0.123. The van der Waals surface area contributed by atoms with Crippen LogP contribution >= 0.6 is 11.6 Å². The lowest BCUT2D eigenvalue weighted by Crippen LogP contribution is -2.30. The summed E-state index contributed by atoms with van der Waals surface area (Å²) in [7, 11) is 1.46. The van der Waals surface area contributed by atoms with E-state index in [0.29, 0.717) is 18.1 Å². The molecule has 30 heavy (non-hydrogen) atoms. The largest absolute Gasteiger partial charge is 0.493 e. The van der Waals surface area contributed by atoms with Crippen molar-refractivity contribution in [2.24, 2.45) is 0 Å². The van der Waals surface area contributed by atoms with Gasteiger partial charge in [0.05, 0.1) is 24.3 Å². The zero-order chi connectivity index (χ0) is 22.4. The summed E-state index contributed by atoms with van der Waals surface area (Å²) in [5, 5.41) is 3.08. The SMILES string of the molecule is CCCOc1c(Cl)cc(C(=O)OC(C)C(=O)Nc2c(C)cc(C)cc2C)cc1OC. The summed E-state index contributed by atoms with van der Waals surface area (Å²) in [5.41, 5.74) is 3.88. The van der Waals surface area contributed by atoms with Crippen LogP contribution in [0.5, 0.6) is 11.5 Å². The highest BCUT2D eigenvalue weighted by molar-refractivity contribution is 6.32. The number of ether oxygens (including phenoxy) is 3. The Morgan fingerprint density at radius 2 is 1.73 bits per heavy atom. The van der Waals surface area contributed by atoms with Crippen molar-refractivity contribution in [1.82, 2.24) is 0 Å². The summed E-state index contributed by atoms with van der Waals surface area (Å²) >= 11 is 6.26. The van der Waals surface area contributed by atoms with Crippen molar-refractivity contribution in [3.63, 3.8) is 0 Å². The summed E-state index contributed by atoms with van der Waals surface area (Å²) in [6.45, 7) is 9.79. The first-order valence-electron chi connectivity index (χ1n) is 9.77. The van der Waals surface area contributed by atoms with E-state index in [9.17, 15) is 9.59 Å². The average Bonchev–Trinajstić information content (AvgIpc) is 2.68. The number of aryl methyl sites for hydroxylation is 3. The summed E-state index contributed by atoms with van der Waals surface area (Å²) in [6.07, 6.45) is -0.200. The van der Waals surface area contributed by atoms with Gasteiger partial charge in [-0.15, -0.1) is 0 Å². The number of amides is 1. The van der Waals surface area contributed by atoms with E-state index in [-0.39, 0.29) is 10.6 Å². The zero-order valence-electron chi connectivity index (χ0n) is 18.2. The van der Waals surface area contributed by atoms with Crippen LogP contribution in [0.4, 0.5) is 5.69 Å². The second kappa shape index (κ2) is 10.3. The van der Waals surface area contributed by atoms with E-state index in [2.05, 4.69) is 5.32 Å². The maximum Gasteiger partial charge on any atom is 0.339 e. The van der Waals surface area contributed by atoms with Gasteiger partial charge in [-0.1, -0.05) is 36.2 Å². The highest BCUT2D eigenvalue weighted by Crippen LogP contribution is 2.36. The predicted molar refractivity (Wildman–Crippen MR) is 118 cm³/mol. The van der Waals surface area contributed by atoms with E-state index in [0.717, 1.165) is 28.8 Å². The fourth-order valence-corrected chi connectivity index (χ4v) is 3.33. The van der Waals surface area contributed by atoms with Crippen LogP contribution in [0.25, 0.3) is 0 Å². The Balaban J connectivity index is 2.13. The van der Waals surface area contributed by atoms with Gasteiger partial charge >= 0.3 is 5.97 Å². The number of carbonyl (C=O) groups excluding carboxylic acids is 2. The second-order valence-corrected chi connectivity index (χ2v) is 7.56. The molecule has 1 atom stereocenters. The molecule has 2 aromatic rings. The van der Waals surface area contributed by atoms with Crippen LogP contribution in [-0.2, 0) is 9.53 Å². The normalized spacial score (nSPS) is 11.6. The molecule has 0 aliphatic heterocycles. The number of benzene rings is 2. The first-order valence-corrected chi connectivity index (χ1v) is 10.2. The van der Waals surface area contributed by atoms with Crippen molar-refractivity contribution in [2.45, 2.75) is 47.1 Å². The molecule has 1 N–H and O–H groups in total. The number of hydrogen-bond acceptors (Lipinski definition) is 5. The van der Waals surface area contributed by atoms with Gasteiger partial charge in [-0.25, -0.2) is 4.79 Å². The molecular weight excluding hydrogens is 406 g/mol. The molecule has 0 radical (unpaired) electrons. The number of carbonyl (C=O) groups is 2. The molecule has 0 saturated heterocycles. The van der Waals surface area contributed by atoms with Crippen molar-refractivity contribution in [1.29, 1.82) is 0 Å². The minimum Gasteiger partial charge on any atom is -0.493 e. The third kappa shape index (κ3) is 5.66. The van der Waals surface area contributed by atoms with Crippen molar-refractivity contribution < 1.29 is 23.8 Å². The summed E-state index contributed by atoms with van der Waals surface area (Å²) in [6, 6.07) is 6.89. The fraction of sp³-hybridized carbons (Fsp3) is 0.391. The van der Waals surface area contributed by atoms with Crippen molar-refractivity contribution in [3.8, 4) is 11.5 Å². The topological polar surface area (TPSA) is 73.9 Å². The third-order valence-electron chi connectivity index (χ3n) is 4.49. The molecule has 0 fully saturated rings. The molecule has 0 heterocycles. The molecule has 0 spiro atoms. The summed E-state index contributed by atoms with van der Waals surface area (Å²) in [5.74, 6) is -0.406. The Morgan fingerprint density at radius 3 is 2.30 bits per heavy atom. The standard InChI is InChI=1S/C23H28ClNO5/c1-7-8-29-21-18(24)11-17(12-19(21)28-6)23(27)30-16(5)22(26)25-20-14(3)9-13(2)10-15(20)4/h9-12,16H,7-8H2,1-6H3,(H,25,26). The van der Waals surface area contributed by atoms with Crippen LogP contribution in [-0.4, -0.2) is 31.7 Å². The van der Waals surface area contributed by atoms with E-state index >= 15 is 0 Å². The van der Waals surface area contributed by atoms with Gasteiger partial charge in [-0.2, -0.15) is 0 Å². The number of hydrogen-bond donors (Lipinski definition) is 1. The molecule has 6 nitrogen and oxygen atoms in total. The van der Waals surface area contributed by atoms with Crippen LogP contribution in [0.15, 0.2) is 24.3 Å². The quantitative estimate of drug-likeness (QED) is 0.576. The fourth-order valence-electron chi connectivity index (χ4n) is 3.07. The van der Waals surface area contributed by atoms with Gasteiger partial charge in [0.25, 0.3) is 5.91 Å². The molecule has 2 aromatic carbocycles. The van der Waals surface area contributed by atoms with Crippen LogP contribution in [0.1, 0.15) is 47.3 Å². The Morgan fingerprint density at radius 1 is 1.10 bits per heavy atom. The maximum absolute atomic E-state index is 12.6. The molecular formula is C23H28ClNO5. The lowest BCUT2D eigenvalue weighted by Gasteiger charge is -2.17. The highest BCUT2D eigenvalue weighted by atomic mass is 35.5. The van der Waals surface area contributed by atoms with Crippen molar-refractivity contribution >= 4 is 29.2 Å². The number of nitrogens with one attached hydrogen (secondary N) is 1. The Labute approximate surface area is 182 Å². The van der Waals surface area contributed by atoms with Crippen LogP contribution in [0, 0.1) is 20.8 Å². The van der Waals surface area contributed by atoms with Gasteiger partial charge in [-0.3, -0.25) is 4.79 Å². The summed E-state index contributed by atoms with van der Waals surface area (Å²) in [4.78, 5) is 25.2. The molecule has 1 unspecified atom stereocenters. The van der Waals surface area contributed by atoms with Gasteiger partial charge in [-0.05, 0) is 57.4 Å². The van der Waals surface area contributed by atoms with Gasteiger partial charge in [0.2, 0.25) is 0 Å². The summed E-state index contributed by atoms with van der Waals surface area (Å²) < 4.78 is 16.2. The van der Waals surface area contributed by atoms with E-state index in [4.69, 9.17) is 25.8 Å². The average molecular weight is 434 g/mol. The van der Waals surface area contributed by atoms with E-state index in [1.54, 1.807) is 0 Å². The molecule has 2 rings (SSSR count). The molecule has 0 saturated carbocycles. The Kier molecular flexibility index (Phi) is 8.12. The molecule has 0 aliphatic rings. The van der Waals surface area contributed by atoms with Crippen LogP contribution in [0.3, 0.4) is 0 Å².